The van der Waals surface area contributed by atoms with E-state index in [-0.39, 0.29) is 11.8 Å². The summed E-state index contributed by atoms with van der Waals surface area (Å²) < 4.78 is 5.27. The molecule has 0 aliphatic carbocycles. The number of amides is 2. The van der Waals surface area contributed by atoms with Crippen molar-refractivity contribution in [1.29, 1.82) is 5.26 Å². The summed E-state index contributed by atoms with van der Waals surface area (Å²) in [5, 5.41) is 12.3. The molecule has 6 nitrogen and oxygen atoms in total. The van der Waals surface area contributed by atoms with Gasteiger partial charge >= 0.3 is 0 Å². The van der Waals surface area contributed by atoms with Crippen molar-refractivity contribution in [3.05, 3.63) is 29.3 Å². The van der Waals surface area contributed by atoms with E-state index in [2.05, 4.69) is 11.4 Å². The molecule has 6 heteroatoms. The van der Waals surface area contributed by atoms with Gasteiger partial charge in [-0.25, -0.2) is 0 Å². The fourth-order valence-electron chi connectivity index (χ4n) is 3.38. The summed E-state index contributed by atoms with van der Waals surface area (Å²) in [7, 11) is 0. The van der Waals surface area contributed by atoms with Gasteiger partial charge in [-0.15, -0.1) is 0 Å². The summed E-state index contributed by atoms with van der Waals surface area (Å²) in [6, 6.07) is 8.08. The number of carbonyl (C=O) groups is 2. The summed E-state index contributed by atoms with van der Waals surface area (Å²) in [6.45, 7) is 5.44. The number of hydrogen-bond donors (Lipinski definition) is 1. The van der Waals surface area contributed by atoms with Crippen LogP contribution in [0.4, 0.5) is 5.69 Å². The number of ether oxygens (including phenoxy) is 1. The summed E-state index contributed by atoms with van der Waals surface area (Å²) in [5.41, 5.74) is 2.19. The molecule has 1 N–H and O–H groups in total. The molecule has 132 valence electrons. The van der Waals surface area contributed by atoms with Crippen LogP contribution in [0.15, 0.2) is 18.2 Å². The number of hydrogen-bond acceptors (Lipinski definition) is 4. The molecule has 1 aromatic rings. The first-order valence-corrected chi connectivity index (χ1v) is 8.65. The van der Waals surface area contributed by atoms with Crippen molar-refractivity contribution < 1.29 is 14.3 Å². The van der Waals surface area contributed by atoms with Crippen molar-refractivity contribution >= 4 is 17.5 Å². The Morgan fingerprint density at radius 3 is 2.68 bits per heavy atom. The minimum atomic E-state index is -0.913. The SMILES string of the molecule is Cc1ccc(N2CCC(C(=O)NC3(C#N)CCOCC3)C2=O)cc1C. The van der Waals surface area contributed by atoms with Gasteiger partial charge < -0.3 is 15.0 Å². The van der Waals surface area contributed by atoms with Gasteiger partial charge in [0, 0.05) is 38.3 Å². The lowest BCUT2D eigenvalue weighted by molar-refractivity contribution is -0.133. The molecule has 0 bridgehead atoms. The molecular formula is C19H23N3O3. The molecule has 3 rings (SSSR count). The van der Waals surface area contributed by atoms with Crippen LogP contribution in [-0.2, 0) is 14.3 Å². The lowest BCUT2D eigenvalue weighted by Gasteiger charge is -2.32. The number of nitrogens with one attached hydrogen (secondary N) is 1. The van der Waals surface area contributed by atoms with E-state index in [4.69, 9.17) is 4.74 Å². The van der Waals surface area contributed by atoms with E-state index in [1.807, 2.05) is 32.0 Å². The number of anilines is 1. The van der Waals surface area contributed by atoms with Crippen molar-refractivity contribution in [3.8, 4) is 6.07 Å². The van der Waals surface area contributed by atoms with Crippen molar-refractivity contribution in [1.82, 2.24) is 5.32 Å². The van der Waals surface area contributed by atoms with E-state index in [1.165, 1.54) is 5.56 Å². The van der Waals surface area contributed by atoms with Crippen molar-refractivity contribution in [2.75, 3.05) is 24.7 Å². The smallest absolute Gasteiger partial charge is 0.239 e. The summed E-state index contributed by atoms with van der Waals surface area (Å²) in [5.74, 6) is -1.27. The van der Waals surface area contributed by atoms with Crippen LogP contribution in [0, 0.1) is 31.1 Å². The van der Waals surface area contributed by atoms with Gasteiger partial charge in [0.15, 0.2) is 0 Å². The number of aryl methyl sites for hydroxylation is 2. The second-order valence-electron chi connectivity index (χ2n) is 6.90. The molecule has 1 unspecified atom stereocenters. The normalized spacial score (nSPS) is 22.5. The van der Waals surface area contributed by atoms with Gasteiger partial charge in [-0.2, -0.15) is 5.26 Å². The number of rotatable bonds is 3. The maximum absolute atomic E-state index is 12.7. The molecular weight excluding hydrogens is 318 g/mol. The molecule has 2 amide bonds. The minimum absolute atomic E-state index is 0.194. The van der Waals surface area contributed by atoms with Gasteiger partial charge in [0.1, 0.15) is 11.5 Å². The molecule has 2 aliphatic heterocycles. The maximum Gasteiger partial charge on any atom is 0.239 e. The zero-order valence-electron chi connectivity index (χ0n) is 14.7. The van der Waals surface area contributed by atoms with Crippen LogP contribution in [0.25, 0.3) is 0 Å². The molecule has 0 spiro atoms. The second kappa shape index (κ2) is 6.85. The van der Waals surface area contributed by atoms with Crippen molar-refractivity contribution in [2.24, 2.45) is 5.92 Å². The highest BCUT2D eigenvalue weighted by molar-refractivity contribution is 6.09. The van der Waals surface area contributed by atoms with Crippen LogP contribution in [0.5, 0.6) is 0 Å². The first-order valence-electron chi connectivity index (χ1n) is 8.65. The highest BCUT2D eigenvalue weighted by Crippen LogP contribution is 2.28. The molecule has 2 fully saturated rings. The van der Waals surface area contributed by atoms with Gasteiger partial charge in [-0.3, -0.25) is 9.59 Å². The molecule has 1 aromatic carbocycles. The van der Waals surface area contributed by atoms with Gasteiger partial charge in [0.25, 0.3) is 0 Å². The van der Waals surface area contributed by atoms with Crippen molar-refractivity contribution in [3.63, 3.8) is 0 Å². The molecule has 2 heterocycles. The Morgan fingerprint density at radius 2 is 2.04 bits per heavy atom. The Bertz CT molecular complexity index is 732. The van der Waals surface area contributed by atoms with Gasteiger partial charge in [-0.05, 0) is 43.5 Å². The highest BCUT2D eigenvalue weighted by Gasteiger charge is 2.42. The van der Waals surface area contributed by atoms with Gasteiger partial charge in [0.2, 0.25) is 11.8 Å². The fraction of sp³-hybridized carbons (Fsp3) is 0.526. The lowest BCUT2D eigenvalue weighted by atomic mass is 9.90. The average molecular weight is 341 g/mol. The first-order chi connectivity index (χ1) is 12.0. The Labute approximate surface area is 147 Å². The van der Waals surface area contributed by atoms with Crippen LogP contribution in [0.1, 0.15) is 30.4 Å². The molecule has 25 heavy (non-hydrogen) atoms. The van der Waals surface area contributed by atoms with Crippen LogP contribution in [0.2, 0.25) is 0 Å². The number of nitrogens with zero attached hydrogens (tertiary/aromatic N) is 2. The molecule has 0 aromatic heterocycles. The Morgan fingerprint density at radius 1 is 1.32 bits per heavy atom. The number of benzene rings is 1. The maximum atomic E-state index is 12.7. The molecule has 2 aliphatic rings. The third-order valence-electron chi connectivity index (χ3n) is 5.25. The number of carbonyl (C=O) groups excluding carboxylic acids is 2. The van der Waals surface area contributed by atoms with Crippen LogP contribution in [-0.4, -0.2) is 37.1 Å². The largest absolute Gasteiger partial charge is 0.381 e. The second-order valence-corrected chi connectivity index (χ2v) is 6.90. The summed E-state index contributed by atoms with van der Waals surface area (Å²) in [4.78, 5) is 27.0. The van der Waals surface area contributed by atoms with Gasteiger partial charge in [-0.1, -0.05) is 6.07 Å². The van der Waals surface area contributed by atoms with E-state index in [0.29, 0.717) is 39.0 Å². The van der Waals surface area contributed by atoms with E-state index >= 15 is 0 Å². The molecule has 0 radical (unpaired) electrons. The minimum Gasteiger partial charge on any atom is -0.381 e. The summed E-state index contributed by atoms with van der Waals surface area (Å²) in [6.07, 6.45) is 1.38. The zero-order valence-corrected chi connectivity index (χ0v) is 14.7. The van der Waals surface area contributed by atoms with E-state index in [0.717, 1.165) is 11.3 Å². The molecule has 0 saturated carbocycles. The van der Waals surface area contributed by atoms with Gasteiger partial charge in [0.05, 0.1) is 6.07 Å². The lowest BCUT2D eigenvalue weighted by Crippen LogP contribution is -2.53. The zero-order chi connectivity index (χ0) is 18.0. The number of nitriles is 1. The fourth-order valence-corrected chi connectivity index (χ4v) is 3.38. The third kappa shape index (κ3) is 3.38. The van der Waals surface area contributed by atoms with E-state index < -0.39 is 11.5 Å². The molecule has 1 atom stereocenters. The monoisotopic (exact) mass is 341 g/mol. The van der Waals surface area contributed by atoms with E-state index in [9.17, 15) is 14.9 Å². The highest BCUT2D eigenvalue weighted by atomic mass is 16.5. The Balaban J connectivity index is 1.72. The predicted octanol–water partition coefficient (Wildman–Crippen LogP) is 1.85. The van der Waals surface area contributed by atoms with E-state index in [1.54, 1.807) is 4.90 Å². The average Bonchev–Trinajstić information content (AvgIpc) is 3.00. The van der Waals surface area contributed by atoms with Crippen LogP contribution >= 0.6 is 0 Å². The summed E-state index contributed by atoms with van der Waals surface area (Å²) >= 11 is 0. The first kappa shape index (κ1) is 17.4. The van der Waals surface area contributed by atoms with Crippen molar-refractivity contribution in [2.45, 2.75) is 38.6 Å². The Kier molecular flexibility index (Phi) is 4.78. The molecule has 2 saturated heterocycles. The Hall–Kier alpha value is -2.39. The quantitative estimate of drug-likeness (QED) is 0.851. The topological polar surface area (TPSA) is 82.4 Å². The van der Waals surface area contributed by atoms with Crippen LogP contribution in [0.3, 0.4) is 0 Å². The third-order valence-corrected chi connectivity index (χ3v) is 5.25. The standard InChI is InChI=1S/C19H23N3O3/c1-13-3-4-15(11-14(13)2)22-8-5-16(18(22)24)17(23)21-19(12-20)6-9-25-10-7-19/h3-4,11,16H,5-10H2,1-2H3,(H,21,23). The predicted molar refractivity (Wildman–Crippen MR) is 92.9 cm³/mol. The van der Waals surface area contributed by atoms with Crippen LogP contribution < -0.4 is 10.2 Å².